The highest BCUT2D eigenvalue weighted by atomic mass is 15.1. The molecule has 0 radical (unpaired) electrons. The average Bonchev–Trinajstić information content (AvgIpc) is 2.40. The Hall–Kier alpha value is -0.860. The lowest BCUT2D eigenvalue weighted by Crippen LogP contribution is -2.47. The summed E-state index contributed by atoms with van der Waals surface area (Å²) in [5, 5.41) is 0. The van der Waals surface area contributed by atoms with Crippen LogP contribution in [0.5, 0.6) is 0 Å². The molecule has 1 fully saturated rings. The van der Waals surface area contributed by atoms with Crippen LogP contribution in [0.3, 0.4) is 0 Å². The van der Waals surface area contributed by atoms with E-state index in [0.29, 0.717) is 0 Å². The highest BCUT2D eigenvalue weighted by Crippen LogP contribution is 2.38. The van der Waals surface area contributed by atoms with Gasteiger partial charge in [0.15, 0.2) is 0 Å². The smallest absolute Gasteiger partial charge is 0.0105 e. The zero-order valence-corrected chi connectivity index (χ0v) is 13.6. The third kappa shape index (κ3) is 2.91. The monoisotopic (exact) mass is 274 g/mol. The second-order valence-corrected chi connectivity index (χ2v) is 6.60. The molecule has 1 aromatic rings. The van der Waals surface area contributed by atoms with E-state index in [1.807, 2.05) is 0 Å². The molecule has 2 rings (SSSR count). The molecule has 0 aliphatic carbocycles. The molecule has 2 N–H and O–H groups in total. The van der Waals surface area contributed by atoms with Crippen LogP contribution >= 0.6 is 0 Å². The molecule has 1 aliphatic heterocycles. The molecular weight excluding hydrogens is 244 g/mol. The Balaban J connectivity index is 2.29. The summed E-state index contributed by atoms with van der Waals surface area (Å²) in [7, 11) is 0. The molecular formula is C18H30N2. The normalized spacial score (nSPS) is 19.2. The quantitative estimate of drug-likeness (QED) is 0.912. The van der Waals surface area contributed by atoms with E-state index in [1.54, 1.807) is 0 Å². The minimum Gasteiger partial charge on any atom is -0.330 e. The number of rotatable bonds is 4. The van der Waals surface area contributed by atoms with Gasteiger partial charge in [-0.1, -0.05) is 24.6 Å². The summed E-state index contributed by atoms with van der Waals surface area (Å²) >= 11 is 0. The Labute approximate surface area is 124 Å². The number of hydrogen-bond acceptors (Lipinski definition) is 2. The standard InChI is InChI=1S/C18H30N2/c1-5-8-20-9-6-18(13-19,7-10-20)17-15(3)11-14(2)12-16(17)4/h11-12H,5-10,13,19H2,1-4H3. The SMILES string of the molecule is CCCN1CCC(CN)(c2c(C)cc(C)cc2C)CC1. The first-order valence-electron chi connectivity index (χ1n) is 8.03. The third-order valence-electron chi connectivity index (χ3n) is 4.95. The average molecular weight is 274 g/mol. The van der Waals surface area contributed by atoms with Gasteiger partial charge in [-0.15, -0.1) is 0 Å². The van der Waals surface area contributed by atoms with Gasteiger partial charge in [-0.2, -0.15) is 0 Å². The van der Waals surface area contributed by atoms with E-state index in [2.05, 4.69) is 44.7 Å². The molecule has 1 heterocycles. The molecule has 1 aromatic carbocycles. The van der Waals surface area contributed by atoms with E-state index in [-0.39, 0.29) is 5.41 Å². The van der Waals surface area contributed by atoms with Gasteiger partial charge in [0.1, 0.15) is 0 Å². The van der Waals surface area contributed by atoms with Gasteiger partial charge in [0, 0.05) is 12.0 Å². The van der Waals surface area contributed by atoms with Crippen LogP contribution in [-0.2, 0) is 5.41 Å². The van der Waals surface area contributed by atoms with Gasteiger partial charge in [-0.25, -0.2) is 0 Å². The Morgan fingerprint density at radius 1 is 1.10 bits per heavy atom. The second-order valence-electron chi connectivity index (χ2n) is 6.60. The molecule has 0 atom stereocenters. The zero-order valence-electron chi connectivity index (χ0n) is 13.6. The number of hydrogen-bond donors (Lipinski definition) is 1. The number of piperidine rings is 1. The Morgan fingerprint density at radius 2 is 1.65 bits per heavy atom. The number of aryl methyl sites for hydroxylation is 3. The topological polar surface area (TPSA) is 29.3 Å². The van der Waals surface area contributed by atoms with Gasteiger partial charge < -0.3 is 10.6 Å². The van der Waals surface area contributed by atoms with Crippen LogP contribution in [-0.4, -0.2) is 31.1 Å². The fourth-order valence-electron chi connectivity index (χ4n) is 4.09. The molecule has 0 unspecified atom stereocenters. The molecule has 0 bridgehead atoms. The van der Waals surface area contributed by atoms with Crippen LogP contribution in [0.2, 0.25) is 0 Å². The summed E-state index contributed by atoms with van der Waals surface area (Å²) in [5.74, 6) is 0. The second kappa shape index (κ2) is 6.28. The van der Waals surface area contributed by atoms with Crippen LogP contribution in [0.1, 0.15) is 48.4 Å². The van der Waals surface area contributed by atoms with Crippen molar-refractivity contribution in [3.8, 4) is 0 Å². The lowest BCUT2D eigenvalue weighted by molar-refractivity contribution is 0.162. The van der Waals surface area contributed by atoms with Crippen molar-refractivity contribution >= 4 is 0 Å². The highest BCUT2D eigenvalue weighted by Gasteiger charge is 2.36. The maximum Gasteiger partial charge on any atom is 0.0105 e. The van der Waals surface area contributed by atoms with Gasteiger partial charge in [-0.05, 0) is 76.4 Å². The predicted octanol–water partition coefficient (Wildman–Crippen LogP) is 3.31. The van der Waals surface area contributed by atoms with Gasteiger partial charge in [-0.3, -0.25) is 0 Å². The Kier molecular flexibility index (Phi) is 4.87. The van der Waals surface area contributed by atoms with E-state index in [1.165, 1.54) is 61.2 Å². The fraction of sp³-hybridized carbons (Fsp3) is 0.667. The number of nitrogens with two attached hydrogens (primary N) is 1. The van der Waals surface area contributed by atoms with Crippen molar-refractivity contribution in [3.63, 3.8) is 0 Å². The summed E-state index contributed by atoms with van der Waals surface area (Å²) in [6, 6.07) is 4.64. The van der Waals surface area contributed by atoms with Gasteiger partial charge in [0.2, 0.25) is 0 Å². The van der Waals surface area contributed by atoms with Crippen LogP contribution < -0.4 is 5.73 Å². The molecule has 112 valence electrons. The molecule has 0 spiro atoms. The first kappa shape index (κ1) is 15.5. The fourth-order valence-corrected chi connectivity index (χ4v) is 4.09. The molecule has 0 saturated carbocycles. The van der Waals surface area contributed by atoms with Crippen molar-refractivity contribution in [2.75, 3.05) is 26.2 Å². The summed E-state index contributed by atoms with van der Waals surface area (Å²) in [4.78, 5) is 2.59. The molecule has 2 nitrogen and oxygen atoms in total. The third-order valence-corrected chi connectivity index (χ3v) is 4.95. The van der Waals surface area contributed by atoms with Crippen molar-refractivity contribution < 1.29 is 0 Å². The summed E-state index contributed by atoms with van der Waals surface area (Å²) in [6.45, 7) is 13.3. The predicted molar refractivity (Wildman–Crippen MR) is 87.4 cm³/mol. The van der Waals surface area contributed by atoms with Crippen molar-refractivity contribution in [1.82, 2.24) is 4.90 Å². The molecule has 1 saturated heterocycles. The van der Waals surface area contributed by atoms with Crippen LogP contribution in [0.15, 0.2) is 12.1 Å². The van der Waals surface area contributed by atoms with Gasteiger partial charge >= 0.3 is 0 Å². The van der Waals surface area contributed by atoms with E-state index in [4.69, 9.17) is 5.73 Å². The summed E-state index contributed by atoms with van der Waals surface area (Å²) in [5.41, 5.74) is 12.2. The lowest BCUT2D eigenvalue weighted by Gasteiger charge is -2.43. The Bertz CT molecular complexity index is 433. The lowest BCUT2D eigenvalue weighted by atomic mass is 9.69. The van der Waals surface area contributed by atoms with Crippen LogP contribution in [0.4, 0.5) is 0 Å². The Morgan fingerprint density at radius 3 is 2.10 bits per heavy atom. The van der Waals surface area contributed by atoms with Crippen molar-refractivity contribution in [2.45, 2.75) is 52.4 Å². The van der Waals surface area contributed by atoms with E-state index < -0.39 is 0 Å². The number of nitrogens with zero attached hydrogens (tertiary/aromatic N) is 1. The summed E-state index contributed by atoms with van der Waals surface area (Å²) in [6.07, 6.45) is 3.65. The first-order valence-corrected chi connectivity index (χ1v) is 8.03. The van der Waals surface area contributed by atoms with Crippen molar-refractivity contribution in [1.29, 1.82) is 0 Å². The van der Waals surface area contributed by atoms with Crippen molar-refractivity contribution in [3.05, 3.63) is 34.4 Å². The van der Waals surface area contributed by atoms with E-state index in [0.717, 1.165) is 6.54 Å². The zero-order chi connectivity index (χ0) is 14.8. The molecule has 1 aliphatic rings. The molecule has 0 amide bonds. The molecule has 20 heavy (non-hydrogen) atoms. The minimum absolute atomic E-state index is 0.201. The highest BCUT2D eigenvalue weighted by molar-refractivity contribution is 5.43. The van der Waals surface area contributed by atoms with E-state index in [9.17, 15) is 0 Å². The van der Waals surface area contributed by atoms with E-state index >= 15 is 0 Å². The largest absolute Gasteiger partial charge is 0.330 e. The first-order chi connectivity index (χ1) is 9.52. The van der Waals surface area contributed by atoms with Crippen LogP contribution in [0.25, 0.3) is 0 Å². The molecule has 0 aromatic heterocycles. The number of likely N-dealkylation sites (tertiary alicyclic amines) is 1. The summed E-state index contributed by atoms with van der Waals surface area (Å²) < 4.78 is 0. The maximum atomic E-state index is 6.25. The van der Waals surface area contributed by atoms with Gasteiger partial charge in [0.25, 0.3) is 0 Å². The minimum atomic E-state index is 0.201. The molecule has 2 heteroatoms. The van der Waals surface area contributed by atoms with Crippen molar-refractivity contribution in [2.24, 2.45) is 5.73 Å². The van der Waals surface area contributed by atoms with Gasteiger partial charge in [0.05, 0.1) is 0 Å². The number of benzene rings is 1. The maximum absolute atomic E-state index is 6.25. The van der Waals surface area contributed by atoms with Crippen LogP contribution in [0, 0.1) is 20.8 Å².